The predicted octanol–water partition coefficient (Wildman–Crippen LogP) is 1.19. The number of aromatic nitrogens is 1. The predicted molar refractivity (Wildman–Crippen MR) is 163 cm³/mol. The summed E-state index contributed by atoms with van der Waals surface area (Å²) >= 11 is 0. The fraction of sp³-hybridized carbons (Fsp3) is 0.310. The standard InChI is InChI=1S/C25H29N5O5.2C2H2O4/c1-35-20-5-6-23-22(14-20)21(7-10-26-23)24(31)16-29-11-8-17(9-12-29)27-15-25(32)28-18-3-2-4-19(13-18)30(33)34;2*3-1(4)2(5)6/h2-7,10,13-14,17,24,27,31H,8-9,11-12,15-16H2,1H3,(H,28,32);2*(H,3,4)(H,5,6)/t24-;;/m0../s1. The Morgan fingerprint density at radius 1 is 0.979 bits per heavy atom. The van der Waals surface area contributed by atoms with Crippen LogP contribution in [-0.4, -0.2) is 109 Å². The summed E-state index contributed by atoms with van der Waals surface area (Å²) in [6.45, 7) is 2.23. The topological polar surface area (TPSA) is 279 Å². The van der Waals surface area contributed by atoms with Crippen molar-refractivity contribution in [3.05, 3.63) is 70.4 Å². The zero-order chi connectivity index (χ0) is 35.1. The summed E-state index contributed by atoms with van der Waals surface area (Å²) in [5.74, 6) is -6.82. The van der Waals surface area contributed by atoms with Gasteiger partial charge in [0.05, 0.1) is 30.2 Å². The number of hydrogen-bond acceptors (Lipinski definition) is 12. The van der Waals surface area contributed by atoms with Gasteiger partial charge in [-0.25, -0.2) is 19.2 Å². The first-order valence-electron chi connectivity index (χ1n) is 13.7. The molecule has 2 heterocycles. The highest BCUT2D eigenvalue weighted by molar-refractivity contribution is 6.27. The summed E-state index contributed by atoms with van der Waals surface area (Å²) < 4.78 is 5.32. The maximum Gasteiger partial charge on any atom is 0.414 e. The van der Waals surface area contributed by atoms with Gasteiger partial charge in [-0.3, -0.25) is 19.9 Å². The Bertz CT molecular complexity index is 1540. The van der Waals surface area contributed by atoms with Gasteiger partial charge in [0.1, 0.15) is 5.75 Å². The number of aliphatic hydroxyl groups excluding tert-OH is 1. The van der Waals surface area contributed by atoms with E-state index in [1.807, 2.05) is 24.3 Å². The number of carboxylic acids is 4. The number of nitro groups is 1. The molecule has 1 amide bonds. The highest BCUT2D eigenvalue weighted by Gasteiger charge is 2.23. The van der Waals surface area contributed by atoms with Gasteiger partial charge in [0, 0.05) is 42.0 Å². The number of methoxy groups -OCH3 is 1. The third-order valence-corrected chi connectivity index (χ3v) is 6.62. The molecular formula is C29H33N5O13. The van der Waals surface area contributed by atoms with Gasteiger partial charge in [-0.05, 0) is 61.8 Å². The number of ether oxygens (including phenoxy) is 1. The first-order valence-corrected chi connectivity index (χ1v) is 13.7. The number of hydrogen-bond donors (Lipinski definition) is 7. The van der Waals surface area contributed by atoms with Gasteiger partial charge in [0.25, 0.3) is 5.69 Å². The molecule has 0 bridgehead atoms. The fourth-order valence-electron chi connectivity index (χ4n) is 4.37. The molecule has 0 unspecified atom stereocenters. The van der Waals surface area contributed by atoms with Crippen molar-refractivity contribution in [1.82, 2.24) is 15.2 Å². The smallest absolute Gasteiger partial charge is 0.414 e. The summed E-state index contributed by atoms with van der Waals surface area (Å²) in [5, 5.41) is 58.2. The monoisotopic (exact) mass is 659 g/mol. The number of carbonyl (C=O) groups excluding carboxylic acids is 1. The molecule has 47 heavy (non-hydrogen) atoms. The lowest BCUT2D eigenvalue weighted by Gasteiger charge is -2.33. The molecular weight excluding hydrogens is 626 g/mol. The fourth-order valence-corrected chi connectivity index (χ4v) is 4.37. The van der Waals surface area contributed by atoms with Crippen LogP contribution in [0.25, 0.3) is 10.9 Å². The molecule has 4 rings (SSSR count). The van der Waals surface area contributed by atoms with Crippen LogP contribution >= 0.6 is 0 Å². The minimum absolute atomic E-state index is 0.0655. The minimum Gasteiger partial charge on any atom is -0.497 e. The van der Waals surface area contributed by atoms with Crippen molar-refractivity contribution < 1.29 is 59.2 Å². The number of pyridine rings is 1. The zero-order valence-corrected chi connectivity index (χ0v) is 24.9. The van der Waals surface area contributed by atoms with Crippen molar-refractivity contribution in [2.75, 3.05) is 38.6 Å². The number of rotatable bonds is 9. The number of aliphatic hydroxyl groups is 1. The number of carboxylic acid groups (broad SMARTS) is 4. The normalized spacial score (nSPS) is 13.5. The Morgan fingerprint density at radius 2 is 1.60 bits per heavy atom. The number of benzene rings is 2. The SMILES string of the molecule is COc1ccc2nccc([C@@H](O)CN3CCC(NCC(=O)Nc4cccc([N+](=O)[O-])c4)CC3)c2c1.O=C(O)C(=O)O.O=C(O)C(=O)O. The summed E-state index contributed by atoms with van der Waals surface area (Å²) in [7, 11) is 1.61. The average Bonchev–Trinajstić information content (AvgIpc) is 3.04. The number of anilines is 1. The van der Waals surface area contributed by atoms with Gasteiger partial charge in [0.15, 0.2) is 0 Å². The number of amides is 1. The van der Waals surface area contributed by atoms with Crippen molar-refractivity contribution in [2.24, 2.45) is 0 Å². The second-order valence-electron chi connectivity index (χ2n) is 9.83. The third-order valence-electron chi connectivity index (χ3n) is 6.62. The van der Waals surface area contributed by atoms with Crippen LogP contribution in [0.1, 0.15) is 24.5 Å². The molecule has 252 valence electrons. The maximum absolute atomic E-state index is 12.3. The van der Waals surface area contributed by atoms with Gasteiger partial charge in [-0.2, -0.15) is 0 Å². The molecule has 0 spiro atoms. The van der Waals surface area contributed by atoms with Gasteiger partial charge < -0.3 is 45.8 Å². The maximum atomic E-state index is 12.3. The number of aliphatic carboxylic acids is 4. The van der Waals surface area contributed by atoms with E-state index in [1.54, 1.807) is 19.4 Å². The van der Waals surface area contributed by atoms with Crippen molar-refractivity contribution in [3.63, 3.8) is 0 Å². The van der Waals surface area contributed by atoms with E-state index in [1.165, 1.54) is 18.2 Å². The molecule has 1 aromatic heterocycles. The number of piperidine rings is 1. The quantitative estimate of drug-likeness (QED) is 0.0964. The second-order valence-corrected chi connectivity index (χ2v) is 9.83. The van der Waals surface area contributed by atoms with Crippen LogP contribution in [0, 0.1) is 10.1 Å². The number of carbonyl (C=O) groups is 5. The molecule has 0 radical (unpaired) electrons. The summed E-state index contributed by atoms with van der Waals surface area (Å²) in [6.07, 6.45) is 2.75. The Balaban J connectivity index is 0.000000546. The largest absolute Gasteiger partial charge is 0.497 e. The highest BCUT2D eigenvalue weighted by Crippen LogP contribution is 2.28. The van der Waals surface area contributed by atoms with E-state index >= 15 is 0 Å². The number of likely N-dealkylation sites (tertiary alicyclic amines) is 1. The van der Waals surface area contributed by atoms with E-state index in [0.717, 1.165) is 48.1 Å². The lowest BCUT2D eigenvalue weighted by molar-refractivity contribution is -0.384. The van der Waals surface area contributed by atoms with E-state index in [4.69, 9.17) is 44.3 Å². The molecule has 7 N–H and O–H groups in total. The molecule has 1 atom stereocenters. The van der Waals surface area contributed by atoms with Crippen molar-refractivity contribution in [1.29, 1.82) is 0 Å². The molecule has 1 aliphatic heterocycles. The lowest BCUT2D eigenvalue weighted by atomic mass is 10.0. The first kappa shape index (κ1) is 37.5. The second kappa shape index (κ2) is 18.3. The molecule has 18 nitrogen and oxygen atoms in total. The molecule has 0 saturated carbocycles. The van der Waals surface area contributed by atoms with Crippen molar-refractivity contribution in [2.45, 2.75) is 25.0 Å². The number of nitrogens with zero attached hydrogens (tertiary/aromatic N) is 3. The van der Waals surface area contributed by atoms with E-state index in [0.29, 0.717) is 12.2 Å². The molecule has 3 aromatic rings. The summed E-state index contributed by atoms with van der Waals surface area (Å²) in [6, 6.07) is 13.6. The van der Waals surface area contributed by atoms with E-state index in [-0.39, 0.29) is 24.2 Å². The first-order chi connectivity index (χ1) is 22.2. The van der Waals surface area contributed by atoms with Crippen LogP contribution in [0.15, 0.2) is 54.7 Å². The molecule has 1 saturated heterocycles. The van der Waals surface area contributed by atoms with Gasteiger partial charge >= 0.3 is 23.9 Å². The molecule has 1 fully saturated rings. The summed E-state index contributed by atoms with van der Waals surface area (Å²) in [5.41, 5.74) is 1.97. The van der Waals surface area contributed by atoms with E-state index in [9.17, 15) is 20.0 Å². The van der Waals surface area contributed by atoms with E-state index in [2.05, 4.69) is 20.5 Å². The Labute approximate surface area is 266 Å². The number of fused-ring (bicyclic) bond motifs is 1. The van der Waals surface area contributed by atoms with Gasteiger partial charge in [0.2, 0.25) is 5.91 Å². The third kappa shape index (κ3) is 12.7. The van der Waals surface area contributed by atoms with Crippen LogP contribution in [-0.2, 0) is 24.0 Å². The van der Waals surface area contributed by atoms with Crippen LogP contribution in [0.3, 0.4) is 0 Å². The van der Waals surface area contributed by atoms with Crippen molar-refractivity contribution >= 4 is 52.1 Å². The molecule has 2 aromatic carbocycles. The number of non-ortho nitro benzene ring substituents is 1. The van der Waals surface area contributed by atoms with Gasteiger partial charge in [-0.1, -0.05) is 6.07 Å². The highest BCUT2D eigenvalue weighted by atomic mass is 16.6. The van der Waals surface area contributed by atoms with Crippen LogP contribution < -0.4 is 15.4 Å². The zero-order valence-electron chi connectivity index (χ0n) is 24.9. The van der Waals surface area contributed by atoms with Crippen LogP contribution in [0.4, 0.5) is 11.4 Å². The Morgan fingerprint density at radius 3 is 2.15 bits per heavy atom. The van der Waals surface area contributed by atoms with E-state index < -0.39 is 34.9 Å². The van der Waals surface area contributed by atoms with Crippen molar-refractivity contribution in [3.8, 4) is 5.75 Å². The van der Waals surface area contributed by atoms with Crippen LogP contribution in [0.2, 0.25) is 0 Å². The van der Waals surface area contributed by atoms with Crippen LogP contribution in [0.5, 0.6) is 5.75 Å². The Kier molecular flexibility index (Phi) is 14.6. The lowest BCUT2D eigenvalue weighted by Crippen LogP contribution is -2.45. The number of nitro benzene ring substituents is 1. The number of β-amino-alcohol motifs (C(OH)–C–C–N with tert-alkyl or cyclic N) is 1. The summed E-state index contributed by atoms with van der Waals surface area (Å²) in [4.78, 5) is 65.6. The molecule has 1 aliphatic rings. The molecule has 18 heteroatoms. The average molecular weight is 660 g/mol. The number of nitrogens with one attached hydrogen (secondary N) is 2. The Hall–Kier alpha value is -5.72. The minimum atomic E-state index is -1.82. The molecule has 0 aliphatic carbocycles. The van der Waals surface area contributed by atoms with Gasteiger partial charge in [-0.15, -0.1) is 0 Å².